The Kier molecular flexibility index (Phi) is 5.40. The standard InChI is InChI=1S/C20H20N4O5S/c1-3-11-8-12-17(30-11)21-10-24(18(12)25)9-13-15(19(26)28-4-2)16(23-20(27)22-13)14-6-5-7-29-14/h5-8,10,16H,3-4,9H2,1-2H3,(H2,22,23,27)/t16-/m0/s1. The van der Waals surface area contributed by atoms with E-state index in [4.69, 9.17) is 9.15 Å². The Labute approximate surface area is 175 Å². The summed E-state index contributed by atoms with van der Waals surface area (Å²) >= 11 is 1.47. The van der Waals surface area contributed by atoms with Crippen LogP contribution in [0.1, 0.15) is 30.5 Å². The maximum absolute atomic E-state index is 13.0. The van der Waals surface area contributed by atoms with Crippen molar-refractivity contribution in [3.05, 3.63) is 63.1 Å². The zero-order valence-electron chi connectivity index (χ0n) is 16.4. The van der Waals surface area contributed by atoms with Crippen molar-refractivity contribution in [1.82, 2.24) is 20.2 Å². The van der Waals surface area contributed by atoms with Crippen LogP contribution in [0.2, 0.25) is 0 Å². The first-order valence-electron chi connectivity index (χ1n) is 9.50. The van der Waals surface area contributed by atoms with Crippen LogP contribution < -0.4 is 16.2 Å². The molecule has 2 amide bonds. The number of hydrogen-bond acceptors (Lipinski definition) is 7. The second-order valence-corrected chi connectivity index (χ2v) is 7.74. The molecular weight excluding hydrogens is 408 g/mol. The normalized spacial score (nSPS) is 16.5. The molecule has 0 saturated heterocycles. The van der Waals surface area contributed by atoms with E-state index in [-0.39, 0.29) is 30.0 Å². The summed E-state index contributed by atoms with van der Waals surface area (Å²) in [5.41, 5.74) is 0.194. The van der Waals surface area contributed by atoms with E-state index in [1.54, 1.807) is 19.1 Å². The predicted molar refractivity (Wildman–Crippen MR) is 110 cm³/mol. The molecule has 10 heteroatoms. The van der Waals surface area contributed by atoms with Crippen LogP contribution in [0.4, 0.5) is 4.79 Å². The van der Waals surface area contributed by atoms with Gasteiger partial charge in [-0.2, -0.15) is 0 Å². The Hall–Kier alpha value is -3.40. The molecule has 30 heavy (non-hydrogen) atoms. The fraction of sp³-hybridized carbons (Fsp3) is 0.300. The van der Waals surface area contributed by atoms with Gasteiger partial charge in [-0.05, 0) is 31.5 Å². The fourth-order valence-corrected chi connectivity index (χ4v) is 4.25. The van der Waals surface area contributed by atoms with E-state index in [1.165, 1.54) is 28.5 Å². The van der Waals surface area contributed by atoms with Gasteiger partial charge in [-0.15, -0.1) is 11.3 Å². The number of carbonyl (C=O) groups is 2. The van der Waals surface area contributed by atoms with Gasteiger partial charge in [0.05, 0.1) is 42.4 Å². The first-order chi connectivity index (χ1) is 14.5. The first-order valence-corrected chi connectivity index (χ1v) is 10.3. The lowest BCUT2D eigenvalue weighted by Crippen LogP contribution is -2.47. The third kappa shape index (κ3) is 3.61. The van der Waals surface area contributed by atoms with Crippen molar-refractivity contribution in [3.8, 4) is 0 Å². The molecule has 2 N–H and O–H groups in total. The SMILES string of the molecule is CCOC(=O)C1=C(Cn2cnc3sc(CC)cc3c2=O)NC(=O)N[C@H]1c1ccco1. The lowest BCUT2D eigenvalue weighted by atomic mass is 10.00. The van der Waals surface area contributed by atoms with Crippen LogP contribution in [0.15, 0.2) is 51.3 Å². The Morgan fingerprint density at radius 2 is 2.20 bits per heavy atom. The molecule has 9 nitrogen and oxygen atoms in total. The quantitative estimate of drug-likeness (QED) is 0.583. The number of fused-ring (bicyclic) bond motifs is 1. The molecule has 0 bridgehead atoms. The highest BCUT2D eigenvalue weighted by Crippen LogP contribution is 2.29. The molecule has 1 aliphatic heterocycles. The average molecular weight is 428 g/mol. The van der Waals surface area contributed by atoms with Crippen molar-refractivity contribution >= 4 is 33.6 Å². The monoisotopic (exact) mass is 428 g/mol. The minimum absolute atomic E-state index is 0.0438. The van der Waals surface area contributed by atoms with Gasteiger partial charge in [-0.25, -0.2) is 14.6 Å². The summed E-state index contributed by atoms with van der Waals surface area (Å²) in [6, 6.07) is 3.81. The highest BCUT2D eigenvalue weighted by molar-refractivity contribution is 7.18. The number of amides is 2. The number of urea groups is 1. The summed E-state index contributed by atoms with van der Waals surface area (Å²) in [6.07, 6.45) is 3.69. The van der Waals surface area contributed by atoms with E-state index in [1.807, 2.05) is 13.0 Å². The minimum Gasteiger partial charge on any atom is -0.467 e. The Morgan fingerprint density at radius 3 is 2.90 bits per heavy atom. The lowest BCUT2D eigenvalue weighted by molar-refractivity contribution is -0.139. The summed E-state index contributed by atoms with van der Waals surface area (Å²) in [7, 11) is 0. The number of nitrogens with zero attached hydrogens (tertiary/aromatic N) is 2. The molecule has 3 aromatic rings. The second-order valence-electron chi connectivity index (χ2n) is 6.62. The molecule has 0 radical (unpaired) electrons. The number of rotatable bonds is 6. The summed E-state index contributed by atoms with van der Waals surface area (Å²) in [4.78, 5) is 44.1. The number of furan rings is 1. The number of aryl methyl sites for hydroxylation is 1. The summed E-state index contributed by atoms with van der Waals surface area (Å²) in [6.45, 7) is 3.83. The van der Waals surface area contributed by atoms with Crippen molar-refractivity contribution in [2.45, 2.75) is 32.9 Å². The molecule has 0 saturated carbocycles. The van der Waals surface area contributed by atoms with Crippen LogP contribution in [-0.4, -0.2) is 28.2 Å². The van der Waals surface area contributed by atoms with Crippen molar-refractivity contribution in [1.29, 1.82) is 0 Å². The highest BCUT2D eigenvalue weighted by atomic mass is 32.1. The van der Waals surface area contributed by atoms with Crippen LogP contribution in [0, 0.1) is 0 Å². The molecule has 0 aromatic carbocycles. The van der Waals surface area contributed by atoms with E-state index in [9.17, 15) is 14.4 Å². The molecule has 0 aliphatic carbocycles. The van der Waals surface area contributed by atoms with Gasteiger partial charge in [0, 0.05) is 4.88 Å². The van der Waals surface area contributed by atoms with E-state index >= 15 is 0 Å². The Morgan fingerprint density at radius 1 is 1.37 bits per heavy atom. The third-order valence-electron chi connectivity index (χ3n) is 4.72. The highest BCUT2D eigenvalue weighted by Gasteiger charge is 2.35. The van der Waals surface area contributed by atoms with Gasteiger partial charge in [-0.1, -0.05) is 6.92 Å². The molecule has 1 atom stereocenters. The van der Waals surface area contributed by atoms with E-state index < -0.39 is 18.0 Å². The number of esters is 1. The van der Waals surface area contributed by atoms with Crippen LogP contribution in [-0.2, 0) is 22.5 Å². The molecule has 156 valence electrons. The number of thiophene rings is 1. The maximum atomic E-state index is 13.0. The number of aromatic nitrogens is 2. The average Bonchev–Trinajstić information content (AvgIpc) is 3.39. The van der Waals surface area contributed by atoms with Gasteiger partial charge in [0.2, 0.25) is 0 Å². The van der Waals surface area contributed by atoms with E-state index in [2.05, 4.69) is 15.6 Å². The minimum atomic E-state index is -0.831. The molecule has 3 aromatic heterocycles. The number of hydrogen-bond donors (Lipinski definition) is 2. The summed E-state index contributed by atoms with van der Waals surface area (Å²) in [5, 5.41) is 5.83. The summed E-state index contributed by atoms with van der Waals surface area (Å²) < 4.78 is 12.0. The Bertz CT molecular complexity index is 1190. The molecule has 4 rings (SSSR count). The Balaban J connectivity index is 1.80. The van der Waals surface area contributed by atoms with E-state index in [0.717, 1.165) is 11.3 Å². The van der Waals surface area contributed by atoms with Crippen molar-refractivity contribution in [3.63, 3.8) is 0 Å². The third-order valence-corrected chi connectivity index (χ3v) is 5.91. The van der Waals surface area contributed by atoms with Crippen molar-refractivity contribution in [2.75, 3.05) is 6.61 Å². The number of allylic oxidation sites excluding steroid dienone is 1. The van der Waals surface area contributed by atoms with Gasteiger partial charge in [-0.3, -0.25) is 9.36 Å². The largest absolute Gasteiger partial charge is 0.467 e. The molecule has 0 fully saturated rings. The van der Waals surface area contributed by atoms with Gasteiger partial charge < -0.3 is 19.8 Å². The number of ether oxygens (including phenoxy) is 1. The van der Waals surface area contributed by atoms with Crippen LogP contribution in [0.25, 0.3) is 10.2 Å². The van der Waals surface area contributed by atoms with Crippen LogP contribution in [0.5, 0.6) is 0 Å². The molecular formula is C20H20N4O5S. The lowest BCUT2D eigenvalue weighted by Gasteiger charge is -2.28. The topological polar surface area (TPSA) is 115 Å². The predicted octanol–water partition coefficient (Wildman–Crippen LogP) is 2.48. The molecule has 0 spiro atoms. The fourth-order valence-electron chi connectivity index (χ4n) is 3.33. The van der Waals surface area contributed by atoms with Gasteiger partial charge in [0.15, 0.2) is 0 Å². The van der Waals surface area contributed by atoms with Gasteiger partial charge >= 0.3 is 12.0 Å². The number of carbonyl (C=O) groups excluding carboxylic acids is 2. The molecule has 4 heterocycles. The van der Waals surface area contributed by atoms with Crippen LogP contribution >= 0.6 is 11.3 Å². The van der Waals surface area contributed by atoms with Gasteiger partial charge in [0.25, 0.3) is 5.56 Å². The maximum Gasteiger partial charge on any atom is 0.338 e. The van der Waals surface area contributed by atoms with E-state index in [0.29, 0.717) is 16.0 Å². The number of nitrogens with one attached hydrogen (secondary N) is 2. The van der Waals surface area contributed by atoms with Crippen molar-refractivity contribution < 1.29 is 18.7 Å². The summed E-state index contributed by atoms with van der Waals surface area (Å²) in [5.74, 6) is -0.218. The smallest absolute Gasteiger partial charge is 0.338 e. The zero-order chi connectivity index (χ0) is 21.3. The van der Waals surface area contributed by atoms with Crippen molar-refractivity contribution in [2.24, 2.45) is 0 Å². The second kappa shape index (κ2) is 8.15. The van der Waals surface area contributed by atoms with Crippen LogP contribution in [0.3, 0.4) is 0 Å². The zero-order valence-corrected chi connectivity index (χ0v) is 17.2. The van der Waals surface area contributed by atoms with Gasteiger partial charge in [0.1, 0.15) is 16.6 Å². The first kappa shape index (κ1) is 19.9. The molecule has 0 unspecified atom stereocenters. The molecule has 1 aliphatic rings.